The van der Waals surface area contributed by atoms with E-state index in [1.54, 1.807) is 18.3 Å². The molecule has 0 bridgehead atoms. The van der Waals surface area contributed by atoms with Crippen molar-refractivity contribution in [3.8, 4) is 0 Å². The number of halogens is 1. The molecule has 0 saturated carbocycles. The van der Waals surface area contributed by atoms with Crippen LogP contribution in [0.3, 0.4) is 0 Å². The molecule has 5 nitrogen and oxygen atoms in total. The third kappa shape index (κ3) is 2.04. The van der Waals surface area contributed by atoms with Gasteiger partial charge in [0.2, 0.25) is 0 Å². The molecule has 3 N–H and O–H groups in total. The second kappa shape index (κ2) is 5.01. The third-order valence-corrected chi connectivity index (χ3v) is 4.36. The average molecular weight is 324 g/mol. The van der Waals surface area contributed by atoms with Gasteiger partial charge in [0.15, 0.2) is 11.4 Å². The first kappa shape index (κ1) is 14.6. The van der Waals surface area contributed by atoms with Crippen LogP contribution in [0.5, 0.6) is 0 Å². The second-order valence-electron chi connectivity index (χ2n) is 5.85. The number of Topliss-reactive ketones (excluding diaryl/α,β-unsaturated/α-hetero) is 1. The van der Waals surface area contributed by atoms with Gasteiger partial charge in [-0.15, -0.1) is 0 Å². The molecule has 0 radical (unpaired) electrons. The van der Waals surface area contributed by atoms with Crippen molar-refractivity contribution in [2.45, 2.75) is 12.0 Å². The summed E-state index contributed by atoms with van der Waals surface area (Å²) in [7, 11) is 0. The minimum absolute atomic E-state index is 0.0840. The molecule has 24 heavy (non-hydrogen) atoms. The van der Waals surface area contributed by atoms with Gasteiger partial charge in [0.25, 0.3) is 5.91 Å². The molecule has 120 valence electrons. The van der Waals surface area contributed by atoms with Crippen molar-refractivity contribution in [1.82, 2.24) is 4.98 Å². The fourth-order valence-corrected chi connectivity index (χ4v) is 3.12. The lowest BCUT2D eigenvalue weighted by Crippen LogP contribution is -2.36. The Hall–Kier alpha value is -2.99. The van der Waals surface area contributed by atoms with Gasteiger partial charge in [-0.2, -0.15) is 0 Å². The van der Waals surface area contributed by atoms with Gasteiger partial charge in [0.05, 0.1) is 6.42 Å². The van der Waals surface area contributed by atoms with Crippen LogP contribution >= 0.6 is 0 Å². The zero-order valence-corrected chi connectivity index (χ0v) is 12.5. The van der Waals surface area contributed by atoms with E-state index in [9.17, 15) is 19.1 Å². The van der Waals surface area contributed by atoms with Crippen molar-refractivity contribution in [3.05, 3.63) is 65.6 Å². The fraction of sp³-hybridized carbons (Fsp3) is 0.111. The summed E-state index contributed by atoms with van der Waals surface area (Å²) in [6, 6.07) is 10.9. The average Bonchev–Trinajstić information content (AvgIpc) is 3.09. The number of hydrogen-bond acceptors (Lipinski definition) is 3. The molecule has 0 aliphatic carbocycles. The predicted molar refractivity (Wildman–Crippen MR) is 86.2 cm³/mol. The number of nitrogens with one attached hydrogen (secondary N) is 2. The normalized spacial score (nSPS) is 19.3. The number of aromatic nitrogens is 1. The number of hydrogen-bond donors (Lipinski definition) is 3. The summed E-state index contributed by atoms with van der Waals surface area (Å²) in [5.41, 5.74) is -0.504. The van der Waals surface area contributed by atoms with Crippen LogP contribution in [0.2, 0.25) is 0 Å². The lowest BCUT2D eigenvalue weighted by molar-refractivity contribution is -0.133. The lowest BCUT2D eigenvalue weighted by atomic mass is 9.88. The molecule has 1 aliphatic heterocycles. The predicted octanol–water partition coefficient (Wildman–Crippen LogP) is 2.72. The maximum atomic E-state index is 13.5. The molecule has 2 aromatic carbocycles. The highest BCUT2D eigenvalue weighted by Gasteiger charge is 2.47. The Bertz CT molecular complexity index is 995. The first-order valence-corrected chi connectivity index (χ1v) is 7.42. The van der Waals surface area contributed by atoms with Gasteiger partial charge >= 0.3 is 0 Å². The van der Waals surface area contributed by atoms with Gasteiger partial charge in [-0.05, 0) is 24.3 Å². The van der Waals surface area contributed by atoms with Crippen LogP contribution in [0.1, 0.15) is 22.3 Å². The summed E-state index contributed by atoms with van der Waals surface area (Å²) in [5, 5.41) is 14.0. The van der Waals surface area contributed by atoms with Crippen LogP contribution in [0.15, 0.2) is 48.7 Å². The number of carbonyl (C=O) groups excluding carboxylic acids is 2. The molecule has 0 saturated heterocycles. The van der Waals surface area contributed by atoms with Crippen molar-refractivity contribution < 1.29 is 19.1 Å². The molecule has 0 unspecified atom stereocenters. The minimum Gasteiger partial charge on any atom is -0.375 e. The molecule has 1 atom stereocenters. The van der Waals surface area contributed by atoms with E-state index in [0.29, 0.717) is 16.6 Å². The molecule has 1 aromatic heterocycles. The number of H-pyrrole nitrogens is 1. The second-order valence-corrected chi connectivity index (χ2v) is 5.85. The number of ketones is 1. The maximum Gasteiger partial charge on any atom is 0.261 e. The Morgan fingerprint density at radius 2 is 2.00 bits per heavy atom. The van der Waals surface area contributed by atoms with Crippen molar-refractivity contribution in [2.24, 2.45) is 0 Å². The Morgan fingerprint density at radius 3 is 2.83 bits per heavy atom. The van der Waals surface area contributed by atoms with E-state index in [2.05, 4.69) is 10.3 Å². The molecule has 1 aliphatic rings. The third-order valence-electron chi connectivity index (χ3n) is 4.36. The van der Waals surface area contributed by atoms with E-state index in [1.807, 2.05) is 12.1 Å². The highest BCUT2D eigenvalue weighted by Crippen LogP contribution is 2.39. The van der Waals surface area contributed by atoms with Crippen molar-refractivity contribution in [3.63, 3.8) is 0 Å². The van der Waals surface area contributed by atoms with Crippen LogP contribution in [0.4, 0.5) is 10.1 Å². The highest BCUT2D eigenvalue weighted by molar-refractivity contribution is 6.13. The van der Waals surface area contributed by atoms with E-state index >= 15 is 0 Å². The molecule has 0 spiro atoms. The summed E-state index contributed by atoms with van der Waals surface area (Å²) >= 11 is 0. The standard InChI is InChI=1S/C18H13FN2O3/c19-10-5-6-15-13(7-10)18(24,17(23)21-15)8-16(22)12-9-20-14-4-2-1-3-11(12)14/h1-7,9,20,24H,8H2,(H,21,23)/t18-/m1/s1. The van der Waals surface area contributed by atoms with Gasteiger partial charge in [-0.3, -0.25) is 9.59 Å². The topological polar surface area (TPSA) is 82.2 Å². The zero-order chi connectivity index (χ0) is 16.9. The summed E-state index contributed by atoms with van der Waals surface area (Å²) in [4.78, 5) is 27.8. The molecule has 1 amide bonds. The van der Waals surface area contributed by atoms with Gasteiger partial charge in [0, 0.05) is 33.9 Å². The highest BCUT2D eigenvalue weighted by atomic mass is 19.1. The first-order chi connectivity index (χ1) is 11.5. The monoisotopic (exact) mass is 324 g/mol. The number of anilines is 1. The Morgan fingerprint density at radius 1 is 1.21 bits per heavy atom. The van der Waals surface area contributed by atoms with Gasteiger partial charge in [-0.1, -0.05) is 18.2 Å². The smallest absolute Gasteiger partial charge is 0.261 e. The zero-order valence-electron chi connectivity index (χ0n) is 12.5. The largest absolute Gasteiger partial charge is 0.375 e. The van der Waals surface area contributed by atoms with E-state index in [0.717, 1.165) is 11.6 Å². The van der Waals surface area contributed by atoms with Crippen LogP contribution in [-0.4, -0.2) is 21.8 Å². The molecule has 3 aromatic rings. The summed E-state index contributed by atoms with van der Waals surface area (Å²) in [6.45, 7) is 0. The number of amides is 1. The summed E-state index contributed by atoms with van der Waals surface area (Å²) in [5.74, 6) is -1.71. The van der Waals surface area contributed by atoms with Crippen LogP contribution in [-0.2, 0) is 10.4 Å². The van der Waals surface area contributed by atoms with E-state index in [4.69, 9.17) is 0 Å². The number of carbonyl (C=O) groups is 2. The van der Waals surface area contributed by atoms with E-state index in [1.165, 1.54) is 12.1 Å². The summed E-state index contributed by atoms with van der Waals surface area (Å²) < 4.78 is 13.5. The molecule has 6 heteroatoms. The van der Waals surface area contributed by atoms with Gasteiger partial charge in [-0.25, -0.2) is 4.39 Å². The van der Waals surface area contributed by atoms with Crippen molar-refractivity contribution in [2.75, 3.05) is 5.32 Å². The Labute approximate surface area is 136 Å². The quantitative estimate of drug-likeness (QED) is 0.648. The van der Waals surface area contributed by atoms with Gasteiger partial charge < -0.3 is 15.4 Å². The van der Waals surface area contributed by atoms with Gasteiger partial charge in [0.1, 0.15) is 5.82 Å². The SMILES string of the molecule is O=C(C[C@]1(O)C(=O)Nc2ccc(F)cc21)c1c[nH]c2ccccc12. The van der Waals surface area contributed by atoms with Crippen LogP contribution in [0, 0.1) is 5.82 Å². The van der Waals surface area contributed by atoms with E-state index < -0.39 is 29.5 Å². The molecular formula is C18H13FN2O3. The molecule has 4 rings (SSSR count). The lowest BCUT2D eigenvalue weighted by Gasteiger charge is -2.19. The van der Waals surface area contributed by atoms with E-state index in [-0.39, 0.29) is 5.56 Å². The maximum absolute atomic E-state index is 13.5. The van der Waals surface area contributed by atoms with Crippen molar-refractivity contribution in [1.29, 1.82) is 0 Å². The first-order valence-electron chi connectivity index (χ1n) is 7.42. The number of rotatable bonds is 3. The number of aromatic amines is 1. The van der Waals surface area contributed by atoms with Crippen molar-refractivity contribution >= 4 is 28.3 Å². The Kier molecular flexibility index (Phi) is 3.04. The molecular weight excluding hydrogens is 311 g/mol. The van der Waals surface area contributed by atoms with Crippen LogP contribution in [0.25, 0.3) is 10.9 Å². The number of benzene rings is 2. The molecule has 0 fully saturated rings. The number of aliphatic hydroxyl groups is 1. The molecule has 2 heterocycles. The summed E-state index contributed by atoms with van der Waals surface area (Å²) in [6.07, 6.45) is 1.09. The minimum atomic E-state index is -2.08. The number of para-hydroxylation sites is 1. The Balaban J connectivity index is 1.74. The fourth-order valence-electron chi connectivity index (χ4n) is 3.12. The van der Waals surface area contributed by atoms with Crippen LogP contribution < -0.4 is 5.32 Å². The number of fused-ring (bicyclic) bond motifs is 2.